The van der Waals surface area contributed by atoms with Crippen molar-refractivity contribution in [2.75, 3.05) is 4.72 Å². The van der Waals surface area contributed by atoms with Crippen molar-refractivity contribution in [2.45, 2.75) is 38.4 Å². The maximum Gasteiger partial charge on any atom is 0.279 e. The van der Waals surface area contributed by atoms with E-state index in [0.717, 1.165) is 5.56 Å². The Labute approximate surface area is 125 Å². The molecule has 0 aliphatic carbocycles. The van der Waals surface area contributed by atoms with E-state index in [1.807, 2.05) is 32.9 Å². The highest BCUT2D eigenvalue weighted by Gasteiger charge is 2.20. The van der Waals surface area contributed by atoms with E-state index in [4.69, 9.17) is 0 Å². The lowest BCUT2D eigenvalue weighted by molar-refractivity contribution is 0.574. The van der Waals surface area contributed by atoms with Crippen molar-refractivity contribution in [3.8, 4) is 0 Å². The molecule has 0 saturated heterocycles. The molecule has 1 aromatic carbocycles. The number of rotatable bonds is 6. The number of benzene rings is 1. The zero-order valence-electron chi connectivity index (χ0n) is 12.3. The first kappa shape index (κ1) is 15.5. The summed E-state index contributed by atoms with van der Waals surface area (Å²) >= 11 is 0. The van der Waals surface area contributed by atoms with E-state index in [9.17, 15) is 8.42 Å². The number of H-pyrrole nitrogens is 1. The quantitative estimate of drug-likeness (QED) is 0.762. The van der Waals surface area contributed by atoms with E-state index in [1.54, 1.807) is 12.1 Å². The lowest BCUT2D eigenvalue weighted by Gasteiger charge is -2.10. The van der Waals surface area contributed by atoms with Gasteiger partial charge in [-0.25, -0.2) is 0 Å². The van der Waals surface area contributed by atoms with E-state index in [0.29, 0.717) is 17.8 Å². The van der Waals surface area contributed by atoms with E-state index in [2.05, 4.69) is 20.2 Å². The van der Waals surface area contributed by atoms with Crippen LogP contribution in [0.5, 0.6) is 0 Å². The topological polar surface area (TPSA) is 86.9 Å². The molecule has 21 heavy (non-hydrogen) atoms. The van der Waals surface area contributed by atoms with Crippen molar-refractivity contribution in [2.24, 2.45) is 0 Å². The Morgan fingerprint density at radius 1 is 1.24 bits per heavy atom. The van der Waals surface area contributed by atoms with Gasteiger partial charge in [0.05, 0.1) is 6.20 Å². The van der Waals surface area contributed by atoms with Crippen LogP contribution in [0.25, 0.3) is 0 Å². The van der Waals surface area contributed by atoms with Gasteiger partial charge in [-0.2, -0.15) is 13.5 Å². The third kappa shape index (κ3) is 4.05. The maximum absolute atomic E-state index is 12.4. The van der Waals surface area contributed by atoms with Gasteiger partial charge in [-0.05, 0) is 19.1 Å². The Hall–Kier alpha value is -1.86. The second kappa shape index (κ2) is 6.28. The number of hydrogen-bond donors (Lipinski definition) is 3. The highest BCUT2D eigenvalue weighted by atomic mass is 32.2. The van der Waals surface area contributed by atoms with Gasteiger partial charge in [0.1, 0.15) is 0 Å². The minimum Gasteiger partial charge on any atom is -0.310 e. The van der Waals surface area contributed by atoms with Crippen LogP contribution in [0.3, 0.4) is 0 Å². The number of anilines is 1. The van der Waals surface area contributed by atoms with Gasteiger partial charge in [0, 0.05) is 23.8 Å². The molecule has 0 amide bonds. The molecule has 2 rings (SSSR count). The average Bonchev–Trinajstić information content (AvgIpc) is 2.88. The molecule has 1 aromatic heterocycles. The van der Waals surface area contributed by atoms with Crippen molar-refractivity contribution in [1.29, 1.82) is 0 Å². The fraction of sp³-hybridized carbons (Fsp3) is 0.357. The van der Waals surface area contributed by atoms with Crippen LogP contribution in [0.4, 0.5) is 5.69 Å². The van der Waals surface area contributed by atoms with Crippen molar-refractivity contribution < 1.29 is 8.42 Å². The molecule has 0 saturated carbocycles. The Balaban J connectivity index is 2.19. The molecule has 2 aromatic rings. The lowest BCUT2D eigenvalue weighted by Crippen LogP contribution is -2.23. The summed E-state index contributed by atoms with van der Waals surface area (Å²) in [4.78, 5) is 0. The van der Waals surface area contributed by atoms with Gasteiger partial charge < -0.3 is 5.32 Å². The first-order valence-corrected chi connectivity index (χ1v) is 8.22. The van der Waals surface area contributed by atoms with Crippen molar-refractivity contribution in [3.63, 3.8) is 0 Å². The number of nitrogens with zero attached hydrogens (tertiary/aromatic N) is 1. The van der Waals surface area contributed by atoms with Crippen molar-refractivity contribution in [1.82, 2.24) is 15.5 Å². The fourth-order valence-electron chi connectivity index (χ4n) is 1.80. The number of sulfonamides is 1. The Morgan fingerprint density at radius 3 is 2.52 bits per heavy atom. The minimum atomic E-state index is -3.67. The van der Waals surface area contributed by atoms with Gasteiger partial charge in [-0.1, -0.05) is 31.5 Å². The van der Waals surface area contributed by atoms with Gasteiger partial charge >= 0.3 is 0 Å². The summed E-state index contributed by atoms with van der Waals surface area (Å²) in [5, 5.41) is 9.67. The molecule has 0 aliphatic heterocycles. The lowest BCUT2D eigenvalue weighted by atomic mass is 10.2. The SMILES string of the molecule is Cc1ccc(NS(=O)(=O)c2[nH]ncc2CNC(C)C)cc1. The molecule has 3 N–H and O–H groups in total. The monoisotopic (exact) mass is 308 g/mol. The minimum absolute atomic E-state index is 0.0937. The molecular weight excluding hydrogens is 288 g/mol. The van der Waals surface area contributed by atoms with Crippen LogP contribution in [-0.4, -0.2) is 24.7 Å². The molecule has 0 spiro atoms. The maximum atomic E-state index is 12.4. The van der Waals surface area contributed by atoms with Gasteiger partial charge in [0.25, 0.3) is 10.0 Å². The predicted octanol–water partition coefficient (Wildman–Crippen LogP) is 2.02. The van der Waals surface area contributed by atoms with Gasteiger partial charge in [0.2, 0.25) is 0 Å². The third-order valence-corrected chi connectivity index (χ3v) is 4.35. The number of aromatic amines is 1. The first-order valence-electron chi connectivity index (χ1n) is 6.73. The van der Waals surface area contributed by atoms with Gasteiger partial charge in [-0.15, -0.1) is 0 Å². The number of hydrogen-bond acceptors (Lipinski definition) is 4. The summed E-state index contributed by atoms with van der Waals surface area (Å²) in [7, 11) is -3.67. The molecule has 6 nitrogen and oxygen atoms in total. The second-order valence-corrected chi connectivity index (χ2v) is 6.85. The summed E-state index contributed by atoms with van der Waals surface area (Å²) in [6.07, 6.45) is 1.53. The Bertz CT molecular complexity index is 690. The van der Waals surface area contributed by atoms with E-state index in [1.165, 1.54) is 6.20 Å². The third-order valence-electron chi connectivity index (χ3n) is 2.95. The molecule has 0 fully saturated rings. The Morgan fingerprint density at radius 2 is 1.90 bits per heavy atom. The molecule has 0 bridgehead atoms. The van der Waals surface area contributed by atoms with E-state index >= 15 is 0 Å². The van der Waals surface area contributed by atoms with E-state index in [-0.39, 0.29) is 11.1 Å². The summed E-state index contributed by atoms with van der Waals surface area (Å²) in [5.74, 6) is 0. The number of aromatic nitrogens is 2. The van der Waals surface area contributed by atoms with Crippen LogP contribution in [0.2, 0.25) is 0 Å². The van der Waals surface area contributed by atoms with Crippen LogP contribution in [0.1, 0.15) is 25.0 Å². The summed E-state index contributed by atoms with van der Waals surface area (Å²) in [6, 6.07) is 7.43. The molecule has 7 heteroatoms. The van der Waals surface area contributed by atoms with Crippen molar-refractivity contribution in [3.05, 3.63) is 41.6 Å². The summed E-state index contributed by atoms with van der Waals surface area (Å²) in [6.45, 7) is 6.39. The standard InChI is InChI=1S/C14H20N4O2S/c1-10(2)15-8-12-9-16-17-14(12)21(19,20)18-13-6-4-11(3)5-7-13/h4-7,9-10,15,18H,8H2,1-3H3,(H,16,17). The van der Waals surface area contributed by atoms with Crippen LogP contribution < -0.4 is 10.0 Å². The second-order valence-electron chi connectivity index (χ2n) is 5.23. The number of aryl methyl sites for hydroxylation is 1. The number of nitrogens with one attached hydrogen (secondary N) is 3. The van der Waals surface area contributed by atoms with E-state index < -0.39 is 10.0 Å². The van der Waals surface area contributed by atoms with Gasteiger partial charge in [-0.3, -0.25) is 9.82 Å². The molecule has 0 unspecified atom stereocenters. The Kier molecular flexibility index (Phi) is 4.64. The van der Waals surface area contributed by atoms with Crippen LogP contribution in [0.15, 0.2) is 35.5 Å². The normalized spacial score (nSPS) is 11.8. The van der Waals surface area contributed by atoms with Crippen LogP contribution >= 0.6 is 0 Å². The molecule has 0 radical (unpaired) electrons. The van der Waals surface area contributed by atoms with Crippen molar-refractivity contribution >= 4 is 15.7 Å². The first-order chi connectivity index (χ1) is 9.88. The van der Waals surface area contributed by atoms with Crippen LogP contribution in [0, 0.1) is 6.92 Å². The molecule has 114 valence electrons. The smallest absolute Gasteiger partial charge is 0.279 e. The predicted molar refractivity (Wildman–Crippen MR) is 82.6 cm³/mol. The molecule has 1 heterocycles. The average molecular weight is 308 g/mol. The van der Waals surface area contributed by atoms with Gasteiger partial charge in [0.15, 0.2) is 5.03 Å². The van der Waals surface area contributed by atoms with Crippen LogP contribution in [-0.2, 0) is 16.6 Å². The summed E-state index contributed by atoms with van der Waals surface area (Å²) in [5.41, 5.74) is 2.21. The summed E-state index contributed by atoms with van der Waals surface area (Å²) < 4.78 is 27.4. The molecular formula is C14H20N4O2S. The largest absolute Gasteiger partial charge is 0.310 e. The molecule has 0 aliphatic rings. The fourth-order valence-corrected chi connectivity index (χ4v) is 2.99. The highest BCUT2D eigenvalue weighted by molar-refractivity contribution is 7.92. The molecule has 0 atom stereocenters. The highest BCUT2D eigenvalue weighted by Crippen LogP contribution is 2.17. The zero-order chi connectivity index (χ0) is 15.5. The zero-order valence-corrected chi connectivity index (χ0v) is 13.2.